The number of phenols is 1. The predicted octanol–water partition coefficient (Wildman–Crippen LogP) is 3.90. The van der Waals surface area contributed by atoms with Crippen molar-refractivity contribution in [3.05, 3.63) is 58.7 Å². The van der Waals surface area contributed by atoms with E-state index >= 15 is 0 Å². The average molecular weight is 263 g/mol. The lowest BCUT2D eigenvalue weighted by atomic mass is 10.1. The Bertz CT molecular complexity index is 591. The highest BCUT2D eigenvalue weighted by Crippen LogP contribution is 2.25. The fourth-order valence-electron chi connectivity index (χ4n) is 1.90. The Morgan fingerprint density at radius 1 is 0.947 bits per heavy atom. The lowest BCUT2D eigenvalue weighted by Gasteiger charge is -2.12. The predicted molar refractivity (Wildman–Crippen MR) is 71.3 cm³/mol. The molecule has 0 aliphatic rings. The topological polar surface area (TPSA) is 32.3 Å². The molecule has 2 rings (SSSR count). The third-order valence-corrected chi connectivity index (χ3v) is 2.95. The van der Waals surface area contributed by atoms with Crippen LogP contribution < -0.4 is 5.32 Å². The quantitative estimate of drug-likeness (QED) is 0.823. The summed E-state index contributed by atoms with van der Waals surface area (Å²) < 4.78 is 26.1. The minimum atomic E-state index is -0.588. The van der Waals surface area contributed by atoms with Crippen LogP contribution >= 0.6 is 0 Å². The number of hydrogen-bond donors (Lipinski definition) is 2. The average Bonchev–Trinajstić information content (AvgIpc) is 2.31. The van der Waals surface area contributed by atoms with Crippen LogP contribution in [-0.2, 0) is 6.54 Å². The summed E-state index contributed by atoms with van der Waals surface area (Å²) >= 11 is 0. The minimum absolute atomic E-state index is 0.236. The first kappa shape index (κ1) is 13.3. The SMILES string of the molecule is Cc1cc(NCc2cc(F)cc(F)c2)c(C)cc1O. The largest absolute Gasteiger partial charge is 0.508 e. The Labute approximate surface area is 110 Å². The van der Waals surface area contributed by atoms with Crippen LogP contribution in [0.25, 0.3) is 0 Å². The summed E-state index contributed by atoms with van der Waals surface area (Å²) in [4.78, 5) is 0. The molecule has 0 saturated carbocycles. The van der Waals surface area contributed by atoms with E-state index in [2.05, 4.69) is 5.32 Å². The summed E-state index contributed by atoms with van der Waals surface area (Å²) in [5.41, 5.74) is 2.99. The first-order valence-corrected chi connectivity index (χ1v) is 5.95. The Morgan fingerprint density at radius 2 is 1.58 bits per heavy atom. The molecule has 0 heterocycles. The number of nitrogens with one attached hydrogen (secondary N) is 1. The van der Waals surface area contributed by atoms with E-state index in [0.717, 1.165) is 22.9 Å². The Morgan fingerprint density at radius 3 is 2.21 bits per heavy atom. The van der Waals surface area contributed by atoms with Gasteiger partial charge in [-0.1, -0.05) is 0 Å². The van der Waals surface area contributed by atoms with E-state index in [9.17, 15) is 13.9 Å². The van der Waals surface area contributed by atoms with E-state index in [0.29, 0.717) is 12.1 Å². The summed E-state index contributed by atoms with van der Waals surface area (Å²) in [6, 6.07) is 6.89. The molecule has 0 aromatic heterocycles. The van der Waals surface area contributed by atoms with Crippen molar-refractivity contribution in [1.29, 1.82) is 0 Å². The van der Waals surface area contributed by atoms with Gasteiger partial charge in [-0.05, 0) is 54.8 Å². The second kappa shape index (κ2) is 5.26. The van der Waals surface area contributed by atoms with Crippen LogP contribution in [0, 0.1) is 25.5 Å². The second-order valence-electron chi connectivity index (χ2n) is 4.58. The molecule has 0 spiro atoms. The van der Waals surface area contributed by atoms with Crippen LogP contribution in [0.5, 0.6) is 5.75 Å². The van der Waals surface area contributed by atoms with Gasteiger partial charge >= 0.3 is 0 Å². The summed E-state index contributed by atoms with van der Waals surface area (Å²) in [5.74, 6) is -0.939. The zero-order chi connectivity index (χ0) is 14.0. The number of halogens is 2. The van der Waals surface area contributed by atoms with Gasteiger partial charge in [0.1, 0.15) is 17.4 Å². The molecule has 2 aromatic carbocycles. The van der Waals surface area contributed by atoms with E-state index < -0.39 is 11.6 Å². The Hall–Kier alpha value is -2.10. The molecule has 0 atom stereocenters. The van der Waals surface area contributed by atoms with Gasteiger partial charge < -0.3 is 10.4 Å². The van der Waals surface area contributed by atoms with Crippen LogP contribution in [0.15, 0.2) is 30.3 Å². The van der Waals surface area contributed by atoms with Gasteiger partial charge in [0.25, 0.3) is 0 Å². The summed E-state index contributed by atoms with van der Waals surface area (Å²) in [6.07, 6.45) is 0. The Kier molecular flexibility index (Phi) is 3.69. The maximum atomic E-state index is 13.0. The van der Waals surface area contributed by atoms with Crippen LogP contribution in [0.3, 0.4) is 0 Å². The van der Waals surface area contributed by atoms with Crippen molar-refractivity contribution in [3.8, 4) is 5.75 Å². The fourth-order valence-corrected chi connectivity index (χ4v) is 1.90. The number of rotatable bonds is 3. The number of aryl methyl sites for hydroxylation is 2. The van der Waals surface area contributed by atoms with Crippen molar-refractivity contribution in [2.24, 2.45) is 0 Å². The van der Waals surface area contributed by atoms with Gasteiger partial charge in [0.15, 0.2) is 0 Å². The summed E-state index contributed by atoms with van der Waals surface area (Å²) in [7, 11) is 0. The molecule has 0 aliphatic carbocycles. The van der Waals surface area contributed by atoms with Crippen molar-refractivity contribution in [2.45, 2.75) is 20.4 Å². The molecule has 0 saturated heterocycles. The molecule has 0 aliphatic heterocycles. The number of aromatic hydroxyl groups is 1. The lowest BCUT2D eigenvalue weighted by molar-refractivity contribution is 0.471. The van der Waals surface area contributed by atoms with Crippen molar-refractivity contribution < 1.29 is 13.9 Å². The van der Waals surface area contributed by atoms with Crippen LogP contribution in [0.4, 0.5) is 14.5 Å². The van der Waals surface area contributed by atoms with E-state index in [1.807, 2.05) is 6.92 Å². The zero-order valence-electron chi connectivity index (χ0n) is 10.8. The minimum Gasteiger partial charge on any atom is -0.508 e. The van der Waals surface area contributed by atoms with Crippen molar-refractivity contribution in [3.63, 3.8) is 0 Å². The molecule has 100 valence electrons. The molecular weight excluding hydrogens is 248 g/mol. The van der Waals surface area contributed by atoms with E-state index in [4.69, 9.17) is 0 Å². The number of phenolic OH excluding ortho intramolecular Hbond substituents is 1. The maximum Gasteiger partial charge on any atom is 0.126 e. The van der Waals surface area contributed by atoms with Crippen molar-refractivity contribution in [2.75, 3.05) is 5.32 Å². The molecule has 0 unspecified atom stereocenters. The number of hydrogen-bond acceptors (Lipinski definition) is 2. The molecule has 0 radical (unpaired) electrons. The summed E-state index contributed by atoms with van der Waals surface area (Å²) in [5, 5.41) is 12.7. The standard InChI is InChI=1S/C15H15F2NO/c1-9-4-15(19)10(2)3-14(9)18-8-11-5-12(16)7-13(17)6-11/h3-7,18-19H,8H2,1-2H3. The van der Waals surface area contributed by atoms with Crippen LogP contribution in [0.1, 0.15) is 16.7 Å². The first-order valence-electron chi connectivity index (χ1n) is 5.95. The molecule has 2 aromatic rings. The highest BCUT2D eigenvalue weighted by molar-refractivity contribution is 5.56. The fraction of sp³-hybridized carbons (Fsp3) is 0.200. The molecular formula is C15H15F2NO. The lowest BCUT2D eigenvalue weighted by Crippen LogP contribution is -2.02. The zero-order valence-corrected chi connectivity index (χ0v) is 10.8. The van der Waals surface area contributed by atoms with Gasteiger partial charge in [-0.3, -0.25) is 0 Å². The Balaban J connectivity index is 2.16. The summed E-state index contributed by atoms with van der Waals surface area (Å²) in [6.45, 7) is 3.97. The van der Waals surface area contributed by atoms with E-state index in [1.54, 1.807) is 19.1 Å². The van der Waals surface area contributed by atoms with Crippen LogP contribution in [-0.4, -0.2) is 5.11 Å². The van der Waals surface area contributed by atoms with Crippen LogP contribution in [0.2, 0.25) is 0 Å². The van der Waals surface area contributed by atoms with Crippen molar-refractivity contribution in [1.82, 2.24) is 0 Å². The van der Waals surface area contributed by atoms with Gasteiger partial charge in [-0.2, -0.15) is 0 Å². The third kappa shape index (κ3) is 3.22. The molecule has 0 fully saturated rings. The first-order chi connectivity index (χ1) is 8.95. The van der Waals surface area contributed by atoms with Gasteiger partial charge in [0.05, 0.1) is 0 Å². The molecule has 19 heavy (non-hydrogen) atoms. The number of benzene rings is 2. The van der Waals surface area contributed by atoms with E-state index in [1.165, 1.54) is 12.1 Å². The highest BCUT2D eigenvalue weighted by atomic mass is 19.1. The molecule has 0 bridgehead atoms. The van der Waals surface area contributed by atoms with Gasteiger partial charge in [-0.25, -0.2) is 8.78 Å². The molecule has 0 amide bonds. The molecule has 2 N–H and O–H groups in total. The second-order valence-corrected chi connectivity index (χ2v) is 4.58. The monoisotopic (exact) mass is 263 g/mol. The third-order valence-electron chi connectivity index (χ3n) is 2.95. The maximum absolute atomic E-state index is 13.0. The normalized spacial score (nSPS) is 10.5. The van der Waals surface area contributed by atoms with E-state index in [-0.39, 0.29) is 5.75 Å². The molecule has 2 nitrogen and oxygen atoms in total. The number of anilines is 1. The highest BCUT2D eigenvalue weighted by Gasteiger charge is 2.05. The molecule has 4 heteroatoms. The van der Waals surface area contributed by atoms with Gasteiger partial charge in [0.2, 0.25) is 0 Å². The smallest absolute Gasteiger partial charge is 0.126 e. The van der Waals surface area contributed by atoms with Gasteiger partial charge in [0, 0.05) is 18.3 Å². The van der Waals surface area contributed by atoms with Crippen molar-refractivity contribution >= 4 is 5.69 Å². The van der Waals surface area contributed by atoms with Gasteiger partial charge in [-0.15, -0.1) is 0 Å².